The molecule has 54 valence electrons. The van der Waals surface area contributed by atoms with E-state index in [4.69, 9.17) is 5.73 Å². The van der Waals surface area contributed by atoms with Crippen LogP contribution in [0.2, 0.25) is 0 Å². The minimum atomic E-state index is -0.518. The van der Waals surface area contributed by atoms with Gasteiger partial charge in [-0.3, -0.25) is 0 Å². The fraction of sp³-hybridized carbons (Fsp3) is 0.250. The van der Waals surface area contributed by atoms with Crippen molar-refractivity contribution >= 4 is 17.6 Å². The Hall–Kier alpha value is -1.04. The maximum atomic E-state index is 10.4. The van der Waals surface area contributed by atoms with Crippen LogP contribution in [0.1, 0.15) is 0 Å². The Morgan fingerprint density at radius 3 is 2.90 bits per heavy atom. The Morgan fingerprint density at radius 1 is 1.70 bits per heavy atom. The number of nitrogens with one attached hydrogen (secondary N) is 1. The molecule has 0 bridgehead atoms. The quantitative estimate of drug-likeness (QED) is 0.536. The minimum absolute atomic E-state index is 0.177. The van der Waals surface area contributed by atoms with Crippen LogP contribution < -0.4 is 11.4 Å². The highest BCUT2D eigenvalue weighted by Crippen LogP contribution is 2.13. The molecule has 0 unspecified atom stereocenters. The molecule has 0 radical (unpaired) electrons. The Bertz CT molecular complexity index is 283. The first-order valence-electron chi connectivity index (χ1n) is 2.50. The van der Waals surface area contributed by atoms with Crippen molar-refractivity contribution in [2.75, 3.05) is 12.0 Å². The van der Waals surface area contributed by atoms with Crippen LogP contribution in [0.4, 0.5) is 5.82 Å². The summed E-state index contributed by atoms with van der Waals surface area (Å²) >= 11 is 1.34. The molecule has 5 nitrogen and oxygen atoms in total. The molecule has 1 aromatic heterocycles. The largest absolute Gasteiger partial charge is 0.381 e. The third-order valence-corrected chi connectivity index (χ3v) is 1.57. The molecular formula is C4H6N4OS. The summed E-state index contributed by atoms with van der Waals surface area (Å²) in [6.07, 6.45) is 1.80. The highest BCUT2D eigenvalue weighted by atomic mass is 32.2. The third-order valence-electron chi connectivity index (χ3n) is 0.888. The van der Waals surface area contributed by atoms with Crippen LogP contribution in [0, 0.1) is 0 Å². The number of H-pyrrole nitrogens is 1. The van der Waals surface area contributed by atoms with Gasteiger partial charge in [-0.05, 0) is 6.26 Å². The maximum absolute atomic E-state index is 10.4. The number of nitrogens with zero attached hydrogens (tertiary/aromatic N) is 2. The monoisotopic (exact) mass is 158 g/mol. The number of anilines is 1. The molecule has 0 amide bonds. The number of hydrogen-bond acceptors (Lipinski definition) is 5. The topological polar surface area (TPSA) is 84.7 Å². The van der Waals surface area contributed by atoms with E-state index in [-0.39, 0.29) is 5.82 Å². The van der Waals surface area contributed by atoms with E-state index in [1.54, 1.807) is 6.26 Å². The summed E-state index contributed by atoms with van der Waals surface area (Å²) in [5.41, 5.74) is 4.80. The van der Waals surface area contributed by atoms with Gasteiger partial charge in [-0.1, -0.05) is 0 Å². The fourth-order valence-corrected chi connectivity index (χ4v) is 0.880. The zero-order valence-corrected chi connectivity index (χ0v) is 6.10. The number of thioether (sulfide) groups is 1. The summed E-state index contributed by atoms with van der Waals surface area (Å²) in [6.45, 7) is 0. The van der Waals surface area contributed by atoms with Crippen molar-refractivity contribution in [3.05, 3.63) is 10.5 Å². The van der Waals surface area contributed by atoms with Gasteiger partial charge in [0.15, 0.2) is 10.8 Å². The molecule has 0 aliphatic heterocycles. The molecule has 1 heterocycles. The van der Waals surface area contributed by atoms with Crippen LogP contribution >= 0.6 is 11.8 Å². The van der Waals surface area contributed by atoms with Gasteiger partial charge in [0, 0.05) is 0 Å². The van der Waals surface area contributed by atoms with E-state index in [1.165, 1.54) is 11.8 Å². The number of aromatic nitrogens is 3. The predicted octanol–water partition coefficient (Wildman–Crippen LogP) is -0.531. The molecule has 1 rings (SSSR count). The molecular weight excluding hydrogens is 152 g/mol. The SMILES string of the molecule is CSc1n[nH]c(=O)nc1N. The molecule has 0 fully saturated rings. The van der Waals surface area contributed by atoms with E-state index in [1.807, 2.05) is 0 Å². The zero-order chi connectivity index (χ0) is 7.56. The van der Waals surface area contributed by atoms with Crippen molar-refractivity contribution in [3.63, 3.8) is 0 Å². The molecule has 3 N–H and O–H groups in total. The van der Waals surface area contributed by atoms with Crippen molar-refractivity contribution in [2.45, 2.75) is 5.03 Å². The second-order valence-electron chi connectivity index (χ2n) is 1.54. The first kappa shape index (κ1) is 7.07. The zero-order valence-electron chi connectivity index (χ0n) is 5.29. The van der Waals surface area contributed by atoms with Gasteiger partial charge in [0.05, 0.1) is 0 Å². The molecule has 0 spiro atoms. The first-order chi connectivity index (χ1) is 4.74. The average Bonchev–Trinajstić information content (AvgIpc) is 1.88. The summed E-state index contributed by atoms with van der Waals surface area (Å²) < 4.78 is 0. The van der Waals surface area contributed by atoms with Crippen molar-refractivity contribution in [1.29, 1.82) is 0 Å². The minimum Gasteiger partial charge on any atom is -0.381 e. The van der Waals surface area contributed by atoms with Crippen LogP contribution in [0.15, 0.2) is 9.82 Å². The normalized spacial score (nSPS) is 9.70. The molecule has 1 aromatic rings. The number of aromatic amines is 1. The highest BCUT2D eigenvalue weighted by Gasteiger charge is 1.98. The smallest absolute Gasteiger partial charge is 0.363 e. The van der Waals surface area contributed by atoms with E-state index in [0.29, 0.717) is 5.03 Å². The van der Waals surface area contributed by atoms with Crippen molar-refractivity contribution in [3.8, 4) is 0 Å². The van der Waals surface area contributed by atoms with Gasteiger partial charge < -0.3 is 5.73 Å². The van der Waals surface area contributed by atoms with Crippen molar-refractivity contribution in [2.24, 2.45) is 0 Å². The van der Waals surface area contributed by atoms with E-state index in [2.05, 4.69) is 15.2 Å². The standard InChI is InChI=1S/C4H6N4OS/c1-10-3-2(5)6-4(9)8-7-3/h1H3,(H3,5,6,8,9). The van der Waals surface area contributed by atoms with Crippen LogP contribution in [0.5, 0.6) is 0 Å². The van der Waals surface area contributed by atoms with Gasteiger partial charge in [-0.15, -0.1) is 11.8 Å². The van der Waals surface area contributed by atoms with Crippen LogP contribution in [-0.4, -0.2) is 21.4 Å². The van der Waals surface area contributed by atoms with Crippen molar-refractivity contribution < 1.29 is 0 Å². The molecule has 0 atom stereocenters. The Morgan fingerprint density at radius 2 is 2.40 bits per heavy atom. The van der Waals surface area contributed by atoms with Crippen LogP contribution in [-0.2, 0) is 0 Å². The highest BCUT2D eigenvalue weighted by molar-refractivity contribution is 7.98. The molecule has 0 aromatic carbocycles. The van der Waals surface area contributed by atoms with Crippen molar-refractivity contribution in [1.82, 2.24) is 15.2 Å². The Kier molecular flexibility index (Phi) is 1.91. The summed E-state index contributed by atoms with van der Waals surface area (Å²) in [4.78, 5) is 13.9. The van der Waals surface area contributed by atoms with Gasteiger partial charge in [0.25, 0.3) is 0 Å². The Labute approximate surface area is 61.0 Å². The number of nitrogen functional groups attached to an aromatic ring is 1. The lowest BCUT2D eigenvalue weighted by molar-refractivity contribution is 0.847. The fourth-order valence-electron chi connectivity index (χ4n) is 0.488. The summed E-state index contributed by atoms with van der Waals surface area (Å²) in [5.74, 6) is 0.177. The molecule has 6 heteroatoms. The lowest BCUT2D eigenvalue weighted by Gasteiger charge is -1.94. The molecule has 0 saturated heterocycles. The number of hydrogen-bond donors (Lipinski definition) is 2. The summed E-state index contributed by atoms with van der Waals surface area (Å²) in [6, 6.07) is 0. The second-order valence-corrected chi connectivity index (χ2v) is 2.33. The van der Waals surface area contributed by atoms with E-state index >= 15 is 0 Å². The number of nitrogens with two attached hydrogens (primary N) is 1. The Balaban J connectivity index is 3.19. The van der Waals surface area contributed by atoms with Gasteiger partial charge in [-0.25, -0.2) is 9.89 Å². The first-order valence-corrected chi connectivity index (χ1v) is 3.72. The lowest BCUT2D eigenvalue weighted by Crippen LogP contribution is -2.15. The lowest BCUT2D eigenvalue weighted by atomic mass is 10.7. The van der Waals surface area contributed by atoms with E-state index < -0.39 is 5.69 Å². The molecule has 0 aliphatic carbocycles. The van der Waals surface area contributed by atoms with E-state index in [0.717, 1.165) is 0 Å². The molecule has 10 heavy (non-hydrogen) atoms. The molecule has 0 saturated carbocycles. The maximum Gasteiger partial charge on any atom is 0.363 e. The van der Waals surface area contributed by atoms with Gasteiger partial charge in [0.2, 0.25) is 0 Å². The number of rotatable bonds is 1. The van der Waals surface area contributed by atoms with Gasteiger partial charge in [0.1, 0.15) is 0 Å². The van der Waals surface area contributed by atoms with Crippen LogP contribution in [0.25, 0.3) is 0 Å². The summed E-state index contributed by atoms with van der Waals surface area (Å²) in [7, 11) is 0. The van der Waals surface area contributed by atoms with Crippen LogP contribution in [0.3, 0.4) is 0 Å². The predicted molar refractivity (Wildman–Crippen MR) is 38.8 cm³/mol. The third kappa shape index (κ3) is 1.27. The van der Waals surface area contributed by atoms with Gasteiger partial charge in [-0.2, -0.15) is 10.1 Å². The second kappa shape index (κ2) is 2.70. The van der Waals surface area contributed by atoms with E-state index in [9.17, 15) is 4.79 Å². The average molecular weight is 158 g/mol. The molecule has 0 aliphatic rings. The summed E-state index contributed by atoms with van der Waals surface area (Å²) in [5, 5.41) is 6.35. The van der Waals surface area contributed by atoms with Gasteiger partial charge >= 0.3 is 5.69 Å².